The lowest BCUT2D eigenvalue weighted by molar-refractivity contribution is 0.713. The third-order valence-electron chi connectivity index (χ3n) is 2.47. The first-order chi connectivity index (χ1) is 10.5. The van der Waals surface area contributed by atoms with Gasteiger partial charge >= 0.3 is 0 Å². The normalized spacial score (nSPS) is 10.0. The van der Waals surface area contributed by atoms with E-state index in [9.17, 15) is 0 Å². The van der Waals surface area contributed by atoms with Crippen LogP contribution in [-0.2, 0) is 0 Å². The van der Waals surface area contributed by atoms with Crippen LogP contribution < -0.4 is 15.5 Å². The van der Waals surface area contributed by atoms with Crippen LogP contribution in [0.25, 0.3) is 0 Å². The zero-order chi connectivity index (χ0) is 16.6. The Morgan fingerprint density at radius 3 is 2.14 bits per heavy atom. The number of anilines is 3. The van der Waals surface area contributed by atoms with E-state index in [0.717, 1.165) is 0 Å². The van der Waals surface area contributed by atoms with Crippen LogP contribution in [0.2, 0.25) is 0 Å². The van der Waals surface area contributed by atoms with E-state index in [2.05, 4.69) is 31.7 Å². The van der Waals surface area contributed by atoms with Gasteiger partial charge in [0.15, 0.2) is 0 Å². The molecule has 0 aromatic carbocycles. The standard InChI is InChI=1S/C13H17N9/c1-4-17-10-18-11(21-13(2,3)9-16)20-12(19-10)22(7-5-14)8-6-15/h4,7-8H2,1-3H3,(H2,17,18,19,20,21). The molecule has 0 saturated heterocycles. The van der Waals surface area contributed by atoms with E-state index in [4.69, 9.17) is 15.8 Å². The Balaban J connectivity index is 3.22. The smallest absolute Gasteiger partial charge is 0.233 e. The Bertz CT molecular complexity index is 616. The van der Waals surface area contributed by atoms with Crippen molar-refractivity contribution in [1.82, 2.24) is 15.0 Å². The lowest BCUT2D eigenvalue weighted by atomic mass is 10.1. The topological polar surface area (TPSA) is 137 Å². The molecule has 0 spiro atoms. The van der Waals surface area contributed by atoms with Gasteiger partial charge in [-0.2, -0.15) is 30.7 Å². The fraction of sp³-hybridized carbons (Fsp3) is 0.538. The number of aromatic nitrogens is 3. The summed E-state index contributed by atoms with van der Waals surface area (Å²) in [7, 11) is 0. The zero-order valence-electron chi connectivity index (χ0n) is 12.8. The minimum Gasteiger partial charge on any atom is -0.354 e. The molecule has 1 rings (SSSR count). The quantitative estimate of drug-likeness (QED) is 0.702. The summed E-state index contributed by atoms with van der Waals surface area (Å²) in [5.74, 6) is 0.711. The predicted octanol–water partition coefficient (Wildman–Crippen LogP) is 0.871. The first kappa shape index (κ1) is 16.9. The Morgan fingerprint density at radius 1 is 1.05 bits per heavy atom. The maximum atomic E-state index is 9.08. The summed E-state index contributed by atoms with van der Waals surface area (Å²) in [5, 5.41) is 32.6. The van der Waals surface area contributed by atoms with Gasteiger partial charge in [-0.15, -0.1) is 0 Å². The van der Waals surface area contributed by atoms with Crippen molar-refractivity contribution in [3.63, 3.8) is 0 Å². The monoisotopic (exact) mass is 299 g/mol. The van der Waals surface area contributed by atoms with Crippen LogP contribution in [0.5, 0.6) is 0 Å². The molecule has 22 heavy (non-hydrogen) atoms. The minimum absolute atomic E-state index is 0.0236. The van der Waals surface area contributed by atoms with Crippen molar-refractivity contribution in [2.24, 2.45) is 0 Å². The van der Waals surface area contributed by atoms with Crippen molar-refractivity contribution in [2.75, 3.05) is 35.2 Å². The number of nitrogens with zero attached hydrogens (tertiary/aromatic N) is 7. The highest BCUT2D eigenvalue weighted by Gasteiger charge is 2.20. The van der Waals surface area contributed by atoms with E-state index >= 15 is 0 Å². The maximum absolute atomic E-state index is 9.08. The molecule has 0 saturated carbocycles. The molecule has 0 unspecified atom stereocenters. The van der Waals surface area contributed by atoms with Gasteiger partial charge in [0, 0.05) is 6.54 Å². The molecule has 0 atom stereocenters. The van der Waals surface area contributed by atoms with Crippen LogP contribution in [0.15, 0.2) is 0 Å². The summed E-state index contributed by atoms with van der Waals surface area (Å²) in [6, 6.07) is 6.02. The van der Waals surface area contributed by atoms with Gasteiger partial charge < -0.3 is 15.5 Å². The summed E-state index contributed by atoms with van der Waals surface area (Å²) < 4.78 is 0. The van der Waals surface area contributed by atoms with E-state index in [1.54, 1.807) is 13.8 Å². The molecule has 2 N–H and O–H groups in total. The highest BCUT2D eigenvalue weighted by Crippen LogP contribution is 2.16. The minimum atomic E-state index is -0.864. The molecule has 9 heteroatoms. The lowest BCUT2D eigenvalue weighted by Gasteiger charge is -2.21. The van der Waals surface area contributed by atoms with Crippen LogP contribution in [0, 0.1) is 34.0 Å². The number of rotatable bonds is 7. The number of hydrogen-bond acceptors (Lipinski definition) is 9. The highest BCUT2D eigenvalue weighted by molar-refractivity contribution is 5.46. The Kier molecular flexibility index (Phi) is 5.85. The van der Waals surface area contributed by atoms with Crippen LogP contribution in [-0.4, -0.2) is 40.1 Å². The lowest BCUT2D eigenvalue weighted by Crippen LogP contribution is -2.31. The van der Waals surface area contributed by atoms with Crippen molar-refractivity contribution in [1.29, 1.82) is 15.8 Å². The van der Waals surface area contributed by atoms with E-state index in [1.807, 2.05) is 19.1 Å². The van der Waals surface area contributed by atoms with Crippen molar-refractivity contribution < 1.29 is 0 Å². The molecule has 0 aliphatic carbocycles. The van der Waals surface area contributed by atoms with Crippen molar-refractivity contribution in [3.05, 3.63) is 0 Å². The Hall–Kier alpha value is -3.12. The molecule has 0 radical (unpaired) electrons. The molecule has 0 aliphatic heterocycles. The average molecular weight is 299 g/mol. The molecule has 1 aromatic heterocycles. The van der Waals surface area contributed by atoms with Crippen molar-refractivity contribution >= 4 is 17.8 Å². The predicted molar refractivity (Wildman–Crippen MR) is 80.7 cm³/mol. The Labute approximate surface area is 129 Å². The second-order valence-corrected chi connectivity index (χ2v) is 4.85. The van der Waals surface area contributed by atoms with E-state index < -0.39 is 5.54 Å². The average Bonchev–Trinajstić information content (AvgIpc) is 2.46. The summed E-state index contributed by atoms with van der Waals surface area (Å²) in [6.07, 6.45) is 0. The van der Waals surface area contributed by atoms with Crippen LogP contribution in [0.1, 0.15) is 20.8 Å². The third kappa shape index (κ3) is 4.77. The molecule has 0 bridgehead atoms. The summed E-state index contributed by atoms with van der Waals surface area (Å²) in [4.78, 5) is 14.0. The molecular weight excluding hydrogens is 282 g/mol. The highest BCUT2D eigenvalue weighted by atomic mass is 15.3. The zero-order valence-corrected chi connectivity index (χ0v) is 12.8. The second kappa shape index (κ2) is 7.61. The fourth-order valence-electron chi connectivity index (χ4n) is 1.47. The molecule has 1 heterocycles. The van der Waals surface area contributed by atoms with Gasteiger partial charge in [0.05, 0.1) is 18.2 Å². The number of nitrogens with one attached hydrogen (secondary N) is 2. The van der Waals surface area contributed by atoms with Gasteiger partial charge in [0.2, 0.25) is 17.8 Å². The first-order valence-corrected chi connectivity index (χ1v) is 6.64. The largest absolute Gasteiger partial charge is 0.354 e. The van der Waals surface area contributed by atoms with Crippen LogP contribution in [0.3, 0.4) is 0 Å². The van der Waals surface area contributed by atoms with E-state index in [-0.39, 0.29) is 25.0 Å². The molecular formula is C13H17N9. The third-order valence-corrected chi connectivity index (χ3v) is 2.47. The van der Waals surface area contributed by atoms with Gasteiger partial charge in [-0.25, -0.2) is 0 Å². The fourth-order valence-corrected chi connectivity index (χ4v) is 1.47. The number of nitriles is 3. The van der Waals surface area contributed by atoms with E-state index in [1.165, 1.54) is 4.90 Å². The van der Waals surface area contributed by atoms with Gasteiger partial charge in [-0.1, -0.05) is 0 Å². The maximum Gasteiger partial charge on any atom is 0.233 e. The van der Waals surface area contributed by atoms with Crippen molar-refractivity contribution in [2.45, 2.75) is 26.3 Å². The Morgan fingerprint density at radius 2 is 1.64 bits per heavy atom. The molecule has 0 fully saturated rings. The molecule has 1 aromatic rings. The molecule has 114 valence electrons. The first-order valence-electron chi connectivity index (χ1n) is 6.64. The second-order valence-electron chi connectivity index (χ2n) is 4.85. The summed E-state index contributed by atoms with van der Waals surface area (Å²) in [6.45, 7) is 5.81. The van der Waals surface area contributed by atoms with Crippen LogP contribution in [0.4, 0.5) is 17.8 Å². The summed E-state index contributed by atoms with van der Waals surface area (Å²) >= 11 is 0. The molecule has 9 nitrogen and oxygen atoms in total. The van der Waals surface area contributed by atoms with Crippen LogP contribution >= 0.6 is 0 Å². The van der Waals surface area contributed by atoms with Gasteiger partial charge in [-0.05, 0) is 20.8 Å². The molecule has 0 aliphatic rings. The van der Waals surface area contributed by atoms with Gasteiger partial charge in [0.25, 0.3) is 0 Å². The number of hydrogen-bond donors (Lipinski definition) is 2. The van der Waals surface area contributed by atoms with Crippen molar-refractivity contribution in [3.8, 4) is 18.2 Å². The van der Waals surface area contributed by atoms with Gasteiger partial charge in [-0.3, -0.25) is 0 Å². The van der Waals surface area contributed by atoms with E-state index in [0.29, 0.717) is 12.5 Å². The summed E-state index contributed by atoms with van der Waals surface area (Å²) in [5.41, 5.74) is -0.864. The van der Waals surface area contributed by atoms with Gasteiger partial charge in [0.1, 0.15) is 18.6 Å². The SMILES string of the molecule is CCNc1nc(NC(C)(C)C#N)nc(N(CC#N)CC#N)n1. The molecule has 0 amide bonds.